The standard InChI is InChI=1S/C24H32FN3O4S/c1-4-32-19-13-26-23(27-14-19)28-9-7-18(8-10-28)20-12-24(20,2)16-31-15-17-5-6-22(21(25)11-17)33(3,29)30/h5-6,11,13-14,18,20H,4,7-10,12,15-16H2,1-3H3/t20-,24+/m1/s1. The molecule has 2 fully saturated rings. The van der Waals surface area contributed by atoms with Crippen molar-refractivity contribution in [1.29, 1.82) is 0 Å². The van der Waals surface area contributed by atoms with E-state index in [0.29, 0.717) is 36.4 Å². The Morgan fingerprint density at radius 3 is 2.52 bits per heavy atom. The van der Waals surface area contributed by atoms with Gasteiger partial charge in [-0.05, 0) is 61.1 Å². The molecule has 9 heteroatoms. The highest BCUT2D eigenvalue weighted by atomic mass is 32.2. The first-order valence-electron chi connectivity index (χ1n) is 11.5. The molecule has 2 heterocycles. The number of nitrogens with zero attached hydrogens (tertiary/aromatic N) is 3. The van der Waals surface area contributed by atoms with E-state index in [-0.39, 0.29) is 16.9 Å². The van der Waals surface area contributed by atoms with Gasteiger partial charge in [-0.2, -0.15) is 0 Å². The Balaban J connectivity index is 1.23. The van der Waals surface area contributed by atoms with Crippen LogP contribution < -0.4 is 9.64 Å². The van der Waals surface area contributed by atoms with Crippen molar-refractivity contribution < 1.29 is 22.3 Å². The van der Waals surface area contributed by atoms with E-state index < -0.39 is 15.7 Å². The van der Waals surface area contributed by atoms with Crippen LogP contribution in [0.25, 0.3) is 0 Å². The summed E-state index contributed by atoms with van der Waals surface area (Å²) in [5.74, 6) is 2.01. The fraction of sp³-hybridized carbons (Fsp3) is 0.583. The molecule has 0 spiro atoms. The van der Waals surface area contributed by atoms with Crippen LogP contribution in [0, 0.1) is 23.1 Å². The van der Waals surface area contributed by atoms with Gasteiger partial charge in [0.15, 0.2) is 15.6 Å². The number of halogens is 1. The molecule has 33 heavy (non-hydrogen) atoms. The van der Waals surface area contributed by atoms with Crippen molar-refractivity contribution in [1.82, 2.24) is 9.97 Å². The number of aromatic nitrogens is 2. The van der Waals surface area contributed by atoms with Crippen LogP contribution in [0.2, 0.25) is 0 Å². The lowest BCUT2D eigenvalue weighted by atomic mass is 9.88. The van der Waals surface area contributed by atoms with Crippen molar-refractivity contribution >= 4 is 15.8 Å². The minimum Gasteiger partial charge on any atom is -0.491 e. The smallest absolute Gasteiger partial charge is 0.225 e. The second-order valence-corrected chi connectivity index (χ2v) is 11.5. The molecule has 0 bridgehead atoms. The highest BCUT2D eigenvalue weighted by molar-refractivity contribution is 7.90. The van der Waals surface area contributed by atoms with Crippen LogP contribution in [-0.4, -0.2) is 50.9 Å². The fourth-order valence-electron chi connectivity index (χ4n) is 4.90. The zero-order valence-electron chi connectivity index (χ0n) is 19.5. The Morgan fingerprint density at radius 2 is 1.91 bits per heavy atom. The number of rotatable bonds is 9. The summed E-state index contributed by atoms with van der Waals surface area (Å²) in [6.07, 6.45) is 7.81. The van der Waals surface area contributed by atoms with Crippen molar-refractivity contribution in [2.24, 2.45) is 17.3 Å². The average molecular weight is 478 g/mol. The van der Waals surface area contributed by atoms with Gasteiger partial charge in [-0.1, -0.05) is 13.0 Å². The highest BCUT2D eigenvalue weighted by Crippen LogP contribution is 2.58. The zero-order chi connectivity index (χ0) is 23.6. The first kappa shape index (κ1) is 23.9. The first-order valence-corrected chi connectivity index (χ1v) is 13.3. The summed E-state index contributed by atoms with van der Waals surface area (Å²) in [6, 6.07) is 4.18. The van der Waals surface area contributed by atoms with Gasteiger partial charge in [0.05, 0.1) is 32.2 Å². The van der Waals surface area contributed by atoms with Gasteiger partial charge in [0.1, 0.15) is 10.7 Å². The quantitative estimate of drug-likeness (QED) is 0.542. The zero-order valence-corrected chi connectivity index (χ0v) is 20.3. The summed E-state index contributed by atoms with van der Waals surface area (Å²) in [4.78, 5) is 10.8. The number of hydrogen-bond donors (Lipinski definition) is 0. The second-order valence-electron chi connectivity index (χ2n) is 9.47. The van der Waals surface area contributed by atoms with Crippen LogP contribution in [0.1, 0.15) is 38.7 Å². The van der Waals surface area contributed by atoms with E-state index >= 15 is 0 Å². The Bertz CT molecular complexity index is 1070. The van der Waals surface area contributed by atoms with E-state index in [1.807, 2.05) is 6.92 Å². The Labute approximate surface area is 195 Å². The molecule has 0 amide bonds. The fourth-order valence-corrected chi connectivity index (χ4v) is 5.63. The molecule has 0 unspecified atom stereocenters. The molecule has 1 aliphatic carbocycles. The Hall–Kier alpha value is -2.26. The molecule has 1 aromatic heterocycles. The maximum atomic E-state index is 14.1. The Morgan fingerprint density at radius 1 is 1.21 bits per heavy atom. The lowest BCUT2D eigenvalue weighted by Crippen LogP contribution is -2.36. The van der Waals surface area contributed by atoms with E-state index in [1.54, 1.807) is 18.5 Å². The van der Waals surface area contributed by atoms with Crippen molar-refractivity contribution in [2.75, 3.05) is 37.5 Å². The number of ether oxygens (including phenoxy) is 2. The van der Waals surface area contributed by atoms with Gasteiger partial charge in [-0.15, -0.1) is 0 Å². The molecule has 7 nitrogen and oxygen atoms in total. The van der Waals surface area contributed by atoms with Crippen LogP contribution >= 0.6 is 0 Å². The molecule has 2 aliphatic rings. The second kappa shape index (κ2) is 9.54. The van der Waals surface area contributed by atoms with Gasteiger partial charge in [-0.3, -0.25) is 0 Å². The summed E-state index contributed by atoms with van der Waals surface area (Å²) in [6.45, 7) is 7.58. The van der Waals surface area contributed by atoms with Crippen LogP contribution in [0.3, 0.4) is 0 Å². The third-order valence-corrected chi connectivity index (χ3v) is 7.96. The third-order valence-electron chi connectivity index (χ3n) is 6.83. The largest absolute Gasteiger partial charge is 0.491 e. The summed E-state index contributed by atoms with van der Waals surface area (Å²) >= 11 is 0. The monoisotopic (exact) mass is 477 g/mol. The molecule has 1 saturated carbocycles. The molecular weight excluding hydrogens is 445 g/mol. The predicted molar refractivity (Wildman–Crippen MR) is 124 cm³/mol. The van der Waals surface area contributed by atoms with Crippen molar-refractivity contribution in [3.05, 3.63) is 42.0 Å². The molecule has 2 atom stereocenters. The maximum absolute atomic E-state index is 14.1. The van der Waals surface area contributed by atoms with E-state index in [4.69, 9.17) is 9.47 Å². The van der Waals surface area contributed by atoms with Gasteiger partial charge in [0.25, 0.3) is 0 Å². The number of sulfone groups is 1. The number of piperidine rings is 1. The maximum Gasteiger partial charge on any atom is 0.225 e. The van der Waals surface area contributed by atoms with Crippen LogP contribution in [-0.2, 0) is 21.2 Å². The summed E-state index contributed by atoms with van der Waals surface area (Å²) < 4.78 is 48.5. The molecule has 2 aromatic rings. The van der Waals surface area contributed by atoms with Crippen molar-refractivity contribution in [3.63, 3.8) is 0 Å². The molecule has 1 aromatic carbocycles. The van der Waals surface area contributed by atoms with E-state index in [9.17, 15) is 12.8 Å². The van der Waals surface area contributed by atoms with Crippen LogP contribution in [0.4, 0.5) is 10.3 Å². The van der Waals surface area contributed by atoms with Crippen molar-refractivity contribution in [3.8, 4) is 5.75 Å². The first-order chi connectivity index (χ1) is 15.7. The van der Waals surface area contributed by atoms with Crippen LogP contribution in [0.15, 0.2) is 35.5 Å². The lowest BCUT2D eigenvalue weighted by molar-refractivity contribution is 0.0727. The molecular formula is C24H32FN3O4S. The topological polar surface area (TPSA) is 81.6 Å². The van der Waals surface area contributed by atoms with Gasteiger partial charge in [-0.25, -0.2) is 22.8 Å². The molecule has 0 radical (unpaired) electrons. The number of benzene rings is 1. The van der Waals surface area contributed by atoms with E-state index in [2.05, 4.69) is 21.8 Å². The minimum atomic E-state index is -3.56. The minimum absolute atomic E-state index is 0.147. The number of anilines is 1. The van der Waals surface area contributed by atoms with Crippen molar-refractivity contribution in [2.45, 2.75) is 44.6 Å². The summed E-state index contributed by atoms with van der Waals surface area (Å²) in [5.41, 5.74) is 0.789. The van der Waals surface area contributed by atoms with E-state index in [1.165, 1.54) is 12.1 Å². The SMILES string of the molecule is CCOc1cnc(N2CCC([C@H]3C[C@@]3(C)COCc3ccc(S(C)(=O)=O)c(F)c3)CC2)nc1. The predicted octanol–water partition coefficient (Wildman–Crippen LogP) is 3.88. The Kier molecular flexibility index (Phi) is 6.91. The third kappa shape index (κ3) is 5.63. The molecule has 0 N–H and O–H groups in total. The average Bonchev–Trinajstić information content (AvgIpc) is 3.45. The van der Waals surface area contributed by atoms with Gasteiger partial charge in [0.2, 0.25) is 5.95 Å². The number of hydrogen-bond acceptors (Lipinski definition) is 7. The van der Waals surface area contributed by atoms with Gasteiger partial charge < -0.3 is 14.4 Å². The molecule has 180 valence electrons. The summed E-state index contributed by atoms with van der Waals surface area (Å²) in [5, 5.41) is 0. The molecule has 1 aliphatic heterocycles. The summed E-state index contributed by atoms with van der Waals surface area (Å²) in [7, 11) is -3.56. The highest BCUT2D eigenvalue weighted by Gasteiger charge is 2.53. The van der Waals surface area contributed by atoms with Gasteiger partial charge in [0, 0.05) is 19.3 Å². The normalized spacial score (nSPS) is 23.5. The van der Waals surface area contributed by atoms with Gasteiger partial charge >= 0.3 is 0 Å². The molecule has 4 rings (SSSR count). The lowest BCUT2D eigenvalue weighted by Gasteiger charge is -2.33. The van der Waals surface area contributed by atoms with E-state index in [0.717, 1.165) is 44.6 Å². The van der Waals surface area contributed by atoms with Crippen LogP contribution in [0.5, 0.6) is 5.75 Å². The molecule has 1 saturated heterocycles.